The average Bonchev–Trinajstić information content (AvgIpc) is 3.33. The second-order valence-electron chi connectivity index (χ2n) is 7.90. The van der Waals surface area contributed by atoms with Gasteiger partial charge < -0.3 is 14.6 Å². The predicted molar refractivity (Wildman–Crippen MR) is 116 cm³/mol. The Balaban J connectivity index is 1.94. The van der Waals surface area contributed by atoms with Gasteiger partial charge in [0.15, 0.2) is 11.5 Å². The average molecular weight is 429 g/mol. The molecule has 0 atom stereocenters. The molecule has 0 bridgehead atoms. The smallest absolute Gasteiger partial charge is 0.274 e. The number of aromatic nitrogens is 2. The van der Waals surface area contributed by atoms with Gasteiger partial charge in [-0.15, -0.1) is 0 Å². The summed E-state index contributed by atoms with van der Waals surface area (Å²) in [5.74, 6) is 0.00317. The van der Waals surface area contributed by atoms with Crippen LogP contribution < -0.4 is 5.32 Å². The molecule has 3 rings (SSSR count). The third-order valence-corrected chi connectivity index (χ3v) is 4.51. The van der Waals surface area contributed by atoms with Gasteiger partial charge in [-0.3, -0.25) is 9.59 Å². The van der Waals surface area contributed by atoms with E-state index in [0.717, 1.165) is 0 Å². The number of nitrogens with zero attached hydrogens (tertiary/aromatic N) is 3. The van der Waals surface area contributed by atoms with Crippen molar-refractivity contribution in [2.75, 3.05) is 13.1 Å². The minimum absolute atomic E-state index is 0.0489. The fourth-order valence-corrected chi connectivity index (χ4v) is 3.20. The first-order valence-corrected chi connectivity index (χ1v) is 10.1. The minimum Gasteiger partial charge on any atom is -0.463 e. The van der Waals surface area contributed by atoms with Crippen molar-refractivity contribution >= 4 is 23.4 Å². The number of nitrogens with one attached hydrogen (secondary N) is 1. The van der Waals surface area contributed by atoms with Gasteiger partial charge in [0.1, 0.15) is 5.69 Å². The highest BCUT2D eigenvalue weighted by Gasteiger charge is 2.24. The highest BCUT2D eigenvalue weighted by Crippen LogP contribution is 2.26. The first kappa shape index (κ1) is 21.6. The number of halogens is 1. The van der Waals surface area contributed by atoms with E-state index in [1.165, 1.54) is 4.90 Å². The zero-order chi connectivity index (χ0) is 21.9. The molecule has 2 aromatic heterocycles. The summed E-state index contributed by atoms with van der Waals surface area (Å²) in [6.45, 7) is 7.83. The monoisotopic (exact) mass is 428 g/mol. The van der Waals surface area contributed by atoms with Crippen LogP contribution in [0.1, 0.15) is 38.2 Å². The lowest BCUT2D eigenvalue weighted by Gasteiger charge is -2.24. The molecule has 8 heteroatoms. The third-order valence-electron chi connectivity index (χ3n) is 4.27. The predicted octanol–water partition coefficient (Wildman–Crippen LogP) is 4.16. The first-order valence-electron chi connectivity index (χ1n) is 9.68. The zero-order valence-electron chi connectivity index (χ0n) is 17.5. The summed E-state index contributed by atoms with van der Waals surface area (Å²) in [7, 11) is 0. The molecule has 0 radical (unpaired) electrons. The fourth-order valence-electron chi connectivity index (χ4n) is 3.01. The molecule has 158 valence electrons. The Morgan fingerprint density at radius 2 is 1.97 bits per heavy atom. The van der Waals surface area contributed by atoms with Gasteiger partial charge in [-0.05, 0) is 58.0 Å². The number of hydrogen-bond donors (Lipinski definition) is 1. The summed E-state index contributed by atoms with van der Waals surface area (Å²) < 4.78 is 7.14. The molecule has 1 N–H and O–H groups in total. The lowest BCUT2D eigenvalue weighted by molar-refractivity contribution is -0.123. The van der Waals surface area contributed by atoms with E-state index >= 15 is 0 Å². The molecule has 0 saturated heterocycles. The van der Waals surface area contributed by atoms with Gasteiger partial charge in [0, 0.05) is 23.2 Å². The minimum atomic E-state index is -0.375. The SMILES string of the molecule is CCN(CC(=O)NC(C)(C)C)C(=O)c1cc(-c2ccco2)n(-c2cccc(Cl)c2)n1. The molecular formula is C22H25ClN4O3. The number of carbonyl (C=O) groups is 2. The lowest BCUT2D eigenvalue weighted by atomic mass is 10.1. The molecule has 30 heavy (non-hydrogen) atoms. The molecule has 0 saturated carbocycles. The quantitative estimate of drug-likeness (QED) is 0.639. The normalized spacial score (nSPS) is 11.4. The molecule has 0 unspecified atom stereocenters. The van der Waals surface area contributed by atoms with Crippen LogP contribution in [0.15, 0.2) is 53.1 Å². The van der Waals surface area contributed by atoms with E-state index in [9.17, 15) is 9.59 Å². The molecule has 7 nitrogen and oxygen atoms in total. The Kier molecular flexibility index (Phi) is 6.31. The van der Waals surface area contributed by atoms with Crippen LogP contribution in [0.2, 0.25) is 5.02 Å². The fraction of sp³-hybridized carbons (Fsp3) is 0.318. The van der Waals surface area contributed by atoms with E-state index in [2.05, 4.69) is 10.4 Å². The number of benzene rings is 1. The Morgan fingerprint density at radius 3 is 2.57 bits per heavy atom. The Hall–Kier alpha value is -3.06. The molecular weight excluding hydrogens is 404 g/mol. The molecule has 0 spiro atoms. The second-order valence-corrected chi connectivity index (χ2v) is 8.34. The number of carbonyl (C=O) groups excluding carboxylic acids is 2. The van der Waals surface area contributed by atoms with Gasteiger partial charge in [0.2, 0.25) is 5.91 Å². The molecule has 1 aromatic carbocycles. The van der Waals surface area contributed by atoms with Gasteiger partial charge in [0.05, 0.1) is 18.5 Å². The Bertz CT molecular complexity index is 1040. The van der Waals surface area contributed by atoms with Gasteiger partial charge in [0.25, 0.3) is 5.91 Å². The summed E-state index contributed by atoms with van der Waals surface area (Å²) in [5.41, 5.74) is 1.15. The number of amides is 2. The van der Waals surface area contributed by atoms with Crippen LogP contribution in [0.25, 0.3) is 17.1 Å². The first-order chi connectivity index (χ1) is 14.2. The number of hydrogen-bond acceptors (Lipinski definition) is 4. The van der Waals surface area contributed by atoms with Crippen molar-refractivity contribution < 1.29 is 14.0 Å². The van der Waals surface area contributed by atoms with Crippen molar-refractivity contribution in [3.63, 3.8) is 0 Å². The van der Waals surface area contributed by atoms with Crippen LogP contribution in [0, 0.1) is 0 Å². The van der Waals surface area contributed by atoms with E-state index in [-0.39, 0.29) is 29.6 Å². The standard InChI is InChI=1S/C22H25ClN4O3/c1-5-26(14-20(28)24-22(2,3)4)21(29)17-13-18(19-10-7-11-30-19)27(25-17)16-9-6-8-15(23)12-16/h6-13H,5,14H2,1-4H3,(H,24,28). The molecule has 2 heterocycles. The lowest BCUT2D eigenvalue weighted by Crippen LogP contribution is -2.47. The maximum atomic E-state index is 13.1. The van der Waals surface area contributed by atoms with Gasteiger partial charge in [-0.25, -0.2) is 4.68 Å². The van der Waals surface area contributed by atoms with Crippen LogP contribution in [0.5, 0.6) is 0 Å². The highest BCUT2D eigenvalue weighted by atomic mass is 35.5. The number of rotatable bonds is 6. The molecule has 0 aliphatic rings. The van der Waals surface area contributed by atoms with E-state index in [0.29, 0.717) is 28.7 Å². The van der Waals surface area contributed by atoms with E-state index in [1.807, 2.05) is 39.8 Å². The van der Waals surface area contributed by atoms with Crippen LogP contribution >= 0.6 is 11.6 Å². The van der Waals surface area contributed by atoms with Crippen molar-refractivity contribution in [1.82, 2.24) is 20.0 Å². The van der Waals surface area contributed by atoms with Crippen molar-refractivity contribution in [3.8, 4) is 17.1 Å². The van der Waals surface area contributed by atoms with Crippen LogP contribution in [-0.2, 0) is 4.79 Å². The maximum Gasteiger partial charge on any atom is 0.274 e. The van der Waals surface area contributed by atoms with Crippen molar-refractivity contribution in [2.24, 2.45) is 0 Å². The van der Waals surface area contributed by atoms with Crippen molar-refractivity contribution in [3.05, 3.63) is 59.4 Å². The summed E-state index contributed by atoms with van der Waals surface area (Å²) >= 11 is 6.14. The molecule has 3 aromatic rings. The second kappa shape index (κ2) is 8.75. The van der Waals surface area contributed by atoms with Crippen LogP contribution in [0.4, 0.5) is 0 Å². The highest BCUT2D eigenvalue weighted by molar-refractivity contribution is 6.30. The summed E-state index contributed by atoms with van der Waals surface area (Å²) in [4.78, 5) is 26.9. The van der Waals surface area contributed by atoms with E-state index in [1.54, 1.807) is 41.3 Å². The van der Waals surface area contributed by atoms with Gasteiger partial charge >= 0.3 is 0 Å². The van der Waals surface area contributed by atoms with Crippen molar-refractivity contribution in [2.45, 2.75) is 33.2 Å². The summed E-state index contributed by atoms with van der Waals surface area (Å²) in [5, 5.41) is 7.93. The topological polar surface area (TPSA) is 80.4 Å². The number of likely N-dealkylation sites (N-methyl/N-ethyl adjacent to an activating group) is 1. The largest absolute Gasteiger partial charge is 0.463 e. The van der Waals surface area contributed by atoms with Crippen molar-refractivity contribution in [1.29, 1.82) is 0 Å². The Morgan fingerprint density at radius 1 is 1.20 bits per heavy atom. The number of furan rings is 1. The molecule has 0 aliphatic carbocycles. The van der Waals surface area contributed by atoms with E-state index in [4.69, 9.17) is 16.0 Å². The third kappa shape index (κ3) is 5.10. The van der Waals surface area contributed by atoms with Crippen LogP contribution in [0.3, 0.4) is 0 Å². The maximum absolute atomic E-state index is 13.1. The summed E-state index contributed by atoms with van der Waals surface area (Å²) in [6, 6.07) is 12.4. The summed E-state index contributed by atoms with van der Waals surface area (Å²) in [6.07, 6.45) is 1.56. The molecule has 0 aliphatic heterocycles. The van der Waals surface area contributed by atoms with Gasteiger partial charge in [-0.1, -0.05) is 17.7 Å². The molecule has 0 fully saturated rings. The zero-order valence-corrected chi connectivity index (χ0v) is 18.2. The Labute approximate surface area is 180 Å². The van der Waals surface area contributed by atoms with Gasteiger partial charge in [-0.2, -0.15) is 5.10 Å². The molecule has 2 amide bonds. The van der Waals surface area contributed by atoms with E-state index < -0.39 is 0 Å². The van der Waals surface area contributed by atoms with Crippen LogP contribution in [-0.4, -0.2) is 45.1 Å².